The Labute approximate surface area is 174 Å². The molecule has 0 aromatic heterocycles. The van der Waals surface area contributed by atoms with Crippen molar-refractivity contribution in [2.24, 2.45) is 0 Å². The molecule has 1 atom stereocenters. The lowest BCUT2D eigenvalue weighted by atomic mass is 9.87. The summed E-state index contributed by atoms with van der Waals surface area (Å²) in [5.74, 6) is -1.11. The maximum absolute atomic E-state index is 13.9. The van der Waals surface area contributed by atoms with Gasteiger partial charge in [0.05, 0.1) is 10.6 Å². The van der Waals surface area contributed by atoms with Crippen LogP contribution in [0.1, 0.15) is 21.5 Å². The van der Waals surface area contributed by atoms with Gasteiger partial charge in [-0.2, -0.15) is 0 Å². The number of amides is 1. The molecular formula is C23H18N2O4S. The number of hydrogen-bond acceptors (Lipinski definition) is 4. The average Bonchev–Trinajstić information content (AvgIpc) is 3.14. The summed E-state index contributed by atoms with van der Waals surface area (Å²) in [6, 6.07) is 19.7. The molecule has 30 heavy (non-hydrogen) atoms. The Hall–Kier alpha value is -3.45. The standard InChI is InChI=1S/C23H18N2O4S/c1-15-11-13-16(14-12-15)30(28,29)25-19-9-5-3-7-17(19)21(26)23(25)18-8-4-6-10-20(18)24(2)22(23)27/h3-14H,1-2H3. The number of likely N-dealkylation sites (N-methyl/N-ethyl adjacent to an activating group) is 1. The first-order chi connectivity index (χ1) is 14.3. The van der Waals surface area contributed by atoms with Gasteiger partial charge < -0.3 is 4.90 Å². The fourth-order valence-electron chi connectivity index (χ4n) is 4.39. The van der Waals surface area contributed by atoms with Gasteiger partial charge in [0.1, 0.15) is 0 Å². The Morgan fingerprint density at radius 3 is 2.10 bits per heavy atom. The molecule has 1 unspecified atom stereocenters. The molecule has 0 N–H and O–H groups in total. The van der Waals surface area contributed by atoms with Crippen molar-refractivity contribution < 1.29 is 18.0 Å². The van der Waals surface area contributed by atoms with Crippen molar-refractivity contribution in [2.45, 2.75) is 17.4 Å². The highest BCUT2D eigenvalue weighted by atomic mass is 32.2. The minimum absolute atomic E-state index is 0.0248. The van der Waals surface area contributed by atoms with Gasteiger partial charge in [-0.3, -0.25) is 9.59 Å². The first kappa shape index (κ1) is 18.6. The Morgan fingerprint density at radius 1 is 0.800 bits per heavy atom. The zero-order valence-corrected chi connectivity index (χ0v) is 17.2. The number of anilines is 2. The molecule has 0 bridgehead atoms. The van der Waals surface area contributed by atoms with E-state index < -0.39 is 27.3 Å². The number of para-hydroxylation sites is 2. The third kappa shape index (κ3) is 2.10. The molecule has 0 saturated heterocycles. The molecule has 2 heterocycles. The second-order valence-corrected chi connectivity index (χ2v) is 9.31. The van der Waals surface area contributed by atoms with Gasteiger partial charge in [-0.05, 0) is 37.3 Å². The van der Waals surface area contributed by atoms with Crippen molar-refractivity contribution in [1.29, 1.82) is 0 Å². The van der Waals surface area contributed by atoms with Crippen LogP contribution in [-0.4, -0.2) is 27.2 Å². The number of rotatable bonds is 2. The molecule has 1 amide bonds. The van der Waals surface area contributed by atoms with Gasteiger partial charge >= 0.3 is 0 Å². The smallest absolute Gasteiger partial charge is 0.266 e. The van der Waals surface area contributed by atoms with E-state index in [2.05, 4.69) is 0 Å². The average molecular weight is 418 g/mol. The summed E-state index contributed by atoms with van der Waals surface area (Å²) in [7, 11) is -2.67. The molecule has 0 saturated carbocycles. The molecule has 5 rings (SSSR count). The van der Waals surface area contributed by atoms with Gasteiger partial charge in [-0.1, -0.05) is 48.0 Å². The highest BCUT2D eigenvalue weighted by Gasteiger charge is 2.66. The van der Waals surface area contributed by atoms with Gasteiger partial charge in [-0.15, -0.1) is 0 Å². The van der Waals surface area contributed by atoms with E-state index in [-0.39, 0.29) is 16.1 Å². The van der Waals surface area contributed by atoms with E-state index >= 15 is 0 Å². The number of benzene rings is 3. The maximum Gasteiger partial charge on any atom is 0.266 e. The second-order valence-electron chi connectivity index (χ2n) is 7.52. The number of carbonyl (C=O) groups excluding carboxylic acids is 2. The van der Waals surface area contributed by atoms with E-state index in [1.54, 1.807) is 67.7 Å². The molecule has 7 heteroatoms. The van der Waals surface area contributed by atoms with E-state index in [4.69, 9.17) is 0 Å². The molecule has 1 spiro atoms. The molecule has 2 aliphatic heterocycles. The number of hydrogen-bond donors (Lipinski definition) is 0. The monoisotopic (exact) mass is 418 g/mol. The van der Waals surface area contributed by atoms with Crippen LogP contribution in [0, 0.1) is 6.92 Å². The van der Waals surface area contributed by atoms with Crippen LogP contribution in [0.15, 0.2) is 77.7 Å². The molecule has 3 aromatic carbocycles. The van der Waals surface area contributed by atoms with Gasteiger partial charge in [-0.25, -0.2) is 12.7 Å². The summed E-state index contributed by atoms with van der Waals surface area (Å²) in [5, 5.41) is 0. The van der Waals surface area contributed by atoms with Gasteiger partial charge in [0.15, 0.2) is 0 Å². The quantitative estimate of drug-likeness (QED) is 0.599. The van der Waals surface area contributed by atoms with E-state index in [1.165, 1.54) is 17.0 Å². The summed E-state index contributed by atoms with van der Waals surface area (Å²) < 4.78 is 28.8. The number of Topliss-reactive ketones (excluding diaryl/α,β-unsaturated/α-hetero) is 1. The first-order valence-electron chi connectivity index (χ1n) is 9.45. The van der Waals surface area contributed by atoms with Crippen molar-refractivity contribution in [3.63, 3.8) is 0 Å². The molecular weight excluding hydrogens is 400 g/mol. The summed E-state index contributed by atoms with van der Waals surface area (Å²) in [5.41, 5.74) is 0.234. The number of sulfonamides is 1. The van der Waals surface area contributed by atoms with Crippen molar-refractivity contribution in [1.82, 2.24) is 0 Å². The van der Waals surface area contributed by atoms with E-state index in [1.807, 2.05) is 6.92 Å². The first-order valence-corrected chi connectivity index (χ1v) is 10.9. The lowest BCUT2D eigenvalue weighted by molar-refractivity contribution is -0.120. The number of carbonyl (C=O) groups is 2. The van der Waals surface area contributed by atoms with Crippen LogP contribution < -0.4 is 9.21 Å². The van der Waals surface area contributed by atoms with Crippen LogP contribution in [0.25, 0.3) is 0 Å². The molecule has 0 aliphatic carbocycles. The second kappa shape index (κ2) is 6.03. The van der Waals surface area contributed by atoms with Gasteiger partial charge in [0, 0.05) is 23.9 Å². The molecule has 0 fully saturated rings. The summed E-state index contributed by atoms with van der Waals surface area (Å²) in [6.45, 7) is 1.86. The number of nitrogens with zero attached hydrogens (tertiary/aromatic N) is 2. The van der Waals surface area contributed by atoms with Crippen LogP contribution in [0.4, 0.5) is 11.4 Å². The molecule has 3 aromatic rings. The zero-order valence-electron chi connectivity index (χ0n) is 16.4. The van der Waals surface area contributed by atoms with Crippen LogP contribution >= 0.6 is 0 Å². The fraction of sp³-hybridized carbons (Fsp3) is 0.130. The van der Waals surface area contributed by atoms with Crippen LogP contribution in [0.3, 0.4) is 0 Å². The van der Waals surface area contributed by atoms with E-state index in [0.29, 0.717) is 11.3 Å². The fourth-order valence-corrected chi connectivity index (χ4v) is 6.12. The van der Waals surface area contributed by atoms with E-state index in [9.17, 15) is 18.0 Å². The van der Waals surface area contributed by atoms with Crippen molar-refractivity contribution in [3.05, 3.63) is 89.5 Å². The third-order valence-corrected chi connectivity index (χ3v) is 7.65. The Kier molecular flexibility index (Phi) is 3.73. The van der Waals surface area contributed by atoms with E-state index in [0.717, 1.165) is 9.87 Å². The predicted octanol–water partition coefficient (Wildman–Crippen LogP) is 3.26. The van der Waals surface area contributed by atoms with Gasteiger partial charge in [0.2, 0.25) is 11.3 Å². The van der Waals surface area contributed by atoms with Crippen molar-refractivity contribution in [3.8, 4) is 0 Å². The molecule has 0 radical (unpaired) electrons. The highest BCUT2D eigenvalue weighted by Crippen LogP contribution is 2.54. The Bertz CT molecular complexity index is 1330. The normalized spacial score (nSPS) is 20.1. The summed E-state index contributed by atoms with van der Waals surface area (Å²) in [6.07, 6.45) is 0. The number of ketones is 1. The summed E-state index contributed by atoms with van der Waals surface area (Å²) >= 11 is 0. The topological polar surface area (TPSA) is 74.8 Å². The Morgan fingerprint density at radius 2 is 1.40 bits per heavy atom. The summed E-state index contributed by atoms with van der Waals surface area (Å²) in [4.78, 5) is 28.7. The highest BCUT2D eigenvalue weighted by molar-refractivity contribution is 7.93. The molecule has 6 nitrogen and oxygen atoms in total. The van der Waals surface area contributed by atoms with Crippen molar-refractivity contribution in [2.75, 3.05) is 16.3 Å². The maximum atomic E-state index is 13.9. The SMILES string of the molecule is Cc1ccc(S(=O)(=O)N2c3ccccc3C(=O)C23C(=O)N(C)c2ccccc23)cc1. The molecule has 150 valence electrons. The number of aryl methyl sites for hydroxylation is 1. The lowest BCUT2D eigenvalue weighted by Crippen LogP contribution is -2.56. The van der Waals surface area contributed by atoms with Gasteiger partial charge in [0.25, 0.3) is 15.9 Å². The Balaban J connectivity index is 1.87. The van der Waals surface area contributed by atoms with Crippen LogP contribution in [0.5, 0.6) is 0 Å². The lowest BCUT2D eigenvalue weighted by Gasteiger charge is -2.33. The minimum atomic E-state index is -4.23. The third-order valence-electron chi connectivity index (χ3n) is 5.83. The van der Waals surface area contributed by atoms with Crippen molar-refractivity contribution >= 4 is 33.1 Å². The number of fused-ring (bicyclic) bond motifs is 3. The van der Waals surface area contributed by atoms with Crippen LogP contribution in [-0.2, 0) is 20.4 Å². The minimum Gasteiger partial charge on any atom is -0.312 e. The van der Waals surface area contributed by atoms with Crippen LogP contribution in [0.2, 0.25) is 0 Å². The molecule has 2 aliphatic rings. The predicted molar refractivity (Wildman–Crippen MR) is 113 cm³/mol. The largest absolute Gasteiger partial charge is 0.312 e. The zero-order chi connectivity index (χ0) is 21.3.